The summed E-state index contributed by atoms with van der Waals surface area (Å²) in [7, 11) is 1.98. The summed E-state index contributed by atoms with van der Waals surface area (Å²) in [5.74, 6) is 0. The molecule has 1 aliphatic heterocycles. The highest BCUT2D eigenvalue weighted by molar-refractivity contribution is 8.03. The zero-order valence-corrected chi connectivity index (χ0v) is 20.7. The summed E-state index contributed by atoms with van der Waals surface area (Å²) in [5, 5.41) is 3.03. The van der Waals surface area contributed by atoms with Crippen molar-refractivity contribution in [1.29, 1.82) is 0 Å². The second kappa shape index (κ2) is 8.73. The van der Waals surface area contributed by atoms with E-state index in [0.717, 1.165) is 27.8 Å². The quantitative estimate of drug-likeness (QED) is 0.415. The molecule has 7 heteroatoms. The van der Waals surface area contributed by atoms with E-state index in [9.17, 15) is 4.79 Å². The molecule has 3 heterocycles. The van der Waals surface area contributed by atoms with Gasteiger partial charge in [0, 0.05) is 24.6 Å². The number of allylic oxidation sites excluding steroid dienone is 1. The molecule has 0 N–H and O–H groups in total. The fraction of sp³-hybridized carbons (Fsp3) is 0.200. The number of thiazole rings is 2. The monoisotopic (exact) mass is 478 g/mol. The van der Waals surface area contributed by atoms with E-state index in [1.54, 1.807) is 23.1 Å². The number of hydrogen-bond acceptors (Lipinski definition) is 5. The second-order valence-corrected chi connectivity index (χ2v) is 10.6. The maximum atomic E-state index is 12.8. The Morgan fingerprint density at radius 3 is 2.59 bits per heavy atom. The van der Waals surface area contributed by atoms with E-state index in [4.69, 9.17) is 0 Å². The standard InChI is InChI=1S/C25H24N3OS3/c1-4-27-17-10-6-8-12-20(17)30-22(27)15-14-19-25(29)32-23(26(19)3)16-24-28(5-2)18-11-7-9-13-21(18)31-24/h6-16H,4-5H2,1-3H3/q+1. The van der Waals surface area contributed by atoms with Gasteiger partial charge in [-0.25, -0.2) is 0 Å². The molecular weight excluding hydrogens is 454 g/mol. The Bertz CT molecular complexity index is 1520. The van der Waals surface area contributed by atoms with Crippen LogP contribution >= 0.6 is 34.4 Å². The number of nitrogens with zero attached hydrogens (tertiary/aromatic N) is 3. The summed E-state index contributed by atoms with van der Waals surface area (Å²) < 4.78 is 6.63. The number of fused-ring (bicyclic) bond motifs is 2. The van der Waals surface area contributed by atoms with E-state index >= 15 is 0 Å². The van der Waals surface area contributed by atoms with E-state index in [-0.39, 0.29) is 4.74 Å². The van der Waals surface area contributed by atoms with Crippen LogP contribution in [0.5, 0.6) is 0 Å². The molecule has 5 rings (SSSR count). The van der Waals surface area contributed by atoms with Crippen LogP contribution in [-0.4, -0.2) is 11.1 Å². The molecule has 162 valence electrons. The van der Waals surface area contributed by atoms with Crippen LogP contribution in [0.15, 0.2) is 69.3 Å². The van der Waals surface area contributed by atoms with Crippen LogP contribution in [0, 0.1) is 0 Å². The van der Waals surface area contributed by atoms with Crippen molar-refractivity contribution in [3.8, 4) is 0 Å². The van der Waals surface area contributed by atoms with Crippen LogP contribution in [0.1, 0.15) is 18.9 Å². The lowest BCUT2D eigenvalue weighted by Crippen LogP contribution is -2.35. The third-order valence-corrected chi connectivity index (χ3v) is 8.87. The Hall–Kier alpha value is -2.61. The van der Waals surface area contributed by atoms with E-state index in [0.29, 0.717) is 5.35 Å². The predicted octanol–water partition coefficient (Wildman–Crippen LogP) is 4.05. The number of para-hydroxylation sites is 2. The number of anilines is 1. The SMILES string of the molecule is CCN1C(=CC=c2c(=O)sc(=Cc3sc4ccccc4[n+]3CC)n2C)Sc2ccccc21. The number of thioether (sulfide) groups is 1. The van der Waals surface area contributed by atoms with Crippen molar-refractivity contribution in [2.75, 3.05) is 11.4 Å². The van der Waals surface area contributed by atoms with Gasteiger partial charge in [-0.3, -0.25) is 4.79 Å². The summed E-state index contributed by atoms with van der Waals surface area (Å²) in [6.07, 6.45) is 6.18. The van der Waals surface area contributed by atoms with Crippen LogP contribution < -0.4 is 24.2 Å². The lowest BCUT2D eigenvalue weighted by molar-refractivity contribution is -0.665. The van der Waals surface area contributed by atoms with Crippen molar-refractivity contribution < 1.29 is 4.57 Å². The largest absolute Gasteiger partial charge is 0.335 e. The molecule has 0 spiro atoms. The Morgan fingerprint density at radius 1 is 1.00 bits per heavy atom. The first kappa shape index (κ1) is 21.2. The Morgan fingerprint density at radius 2 is 1.78 bits per heavy atom. The van der Waals surface area contributed by atoms with Crippen molar-refractivity contribution >= 4 is 62.5 Å². The second-order valence-electron chi connectivity index (χ2n) is 7.45. The van der Waals surface area contributed by atoms with Crippen molar-refractivity contribution in [3.05, 3.63) is 84.2 Å². The lowest BCUT2D eigenvalue weighted by Gasteiger charge is -2.17. The first-order valence-electron chi connectivity index (χ1n) is 10.7. The van der Waals surface area contributed by atoms with Crippen molar-refractivity contribution in [3.63, 3.8) is 0 Å². The summed E-state index contributed by atoms with van der Waals surface area (Å²) in [6.45, 7) is 6.10. The average Bonchev–Trinajstić information content (AvgIpc) is 3.43. The molecule has 0 amide bonds. The average molecular weight is 479 g/mol. The molecule has 2 aromatic carbocycles. The van der Waals surface area contributed by atoms with Gasteiger partial charge in [0.2, 0.25) is 5.52 Å². The van der Waals surface area contributed by atoms with Crippen LogP contribution in [0.4, 0.5) is 5.69 Å². The molecule has 0 fully saturated rings. The van der Waals surface area contributed by atoms with Crippen LogP contribution in [-0.2, 0) is 13.6 Å². The van der Waals surface area contributed by atoms with E-state index in [1.807, 2.05) is 17.7 Å². The molecule has 0 radical (unpaired) electrons. The van der Waals surface area contributed by atoms with Gasteiger partial charge < -0.3 is 9.47 Å². The smallest absolute Gasteiger partial charge is 0.265 e. The topological polar surface area (TPSA) is 29.1 Å². The summed E-state index contributed by atoms with van der Waals surface area (Å²) in [6, 6.07) is 16.9. The Balaban J connectivity index is 1.58. The summed E-state index contributed by atoms with van der Waals surface area (Å²) in [4.78, 5) is 16.4. The van der Waals surface area contributed by atoms with Gasteiger partial charge in [0.25, 0.3) is 9.75 Å². The zero-order valence-electron chi connectivity index (χ0n) is 18.2. The fourth-order valence-corrected chi connectivity index (χ4v) is 7.29. The molecule has 0 saturated carbocycles. The maximum Gasteiger partial charge on any atom is 0.265 e. The first-order chi connectivity index (χ1) is 15.6. The highest BCUT2D eigenvalue weighted by atomic mass is 32.2. The first-order valence-corrected chi connectivity index (χ1v) is 13.1. The molecule has 32 heavy (non-hydrogen) atoms. The van der Waals surface area contributed by atoms with Crippen LogP contribution in [0.3, 0.4) is 0 Å². The third-order valence-electron chi connectivity index (χ3n) is 5.63. The van der Waals surface area contributed by atoms with Crippen LogP contribution in [0.25, 0.3) is 22.4 Å². The number of rotatable bonds is 4. The number of benzene rings is 2. The number of hydrogen-bond donors (Lipinski definition) is 0. The normalized spacial score (nSPS) is 16.0. The molecule has 2 aromatic heterocycles. The van der Waals surface area contributed by atoms with Gasteiger partial charge in [-0.05, 0) is 44.2 Å². The molecule has 4 aromatic rings. The molecule has 4 nitrogen and oxygen atoms in total. The van der Waals surface area contributed by atoms with E-state index < -0.39 is 0 Å². The van der Waals surface area contributed by atoms with Gasteiger partial charge in [0.1, 0.15) is 21.3 Å². The molecule has 0 aliphatic carbocycles. The van der Waals surface area contributed by atoms with Gasteiger partial charge in [-0.1, -0.05) is 58.7 Å². The molecule has 0 bridgehead atoms. The van der Waals surface area contributed by atoms with Gasteiger partial charge in [0.15, 0.2) is 0 Å². The Kier molecular flexibility index (Phi) is 5.80. The minimum absolute atomic E-state index is 0.0864. The van der Waals surface area contributed by atoms with E-state index in [2.05, 4.69) is 84.0 Å². The van der Waals surface area contributed by atoms with Gasteiger partial charge in [-0.2, -0.15) is 4.57 Å². The fourth-order valence-electron chi connectivity index (χ4n) is 4.02. The molecule has 0 saturated heterocycles. The molecule has 0 unspecified atom stereocenters. The maximum absolute atomic E-state index is 12.8. The zero-order chi connectivity index (χ0) is 22.2. The minimum atomic E-state index is 0.0864. The van der Waals surface area contributed by atoms with Gasteiger partial charge >= 0.3 is 0 Å². The van der Waals surface area contributed by atoms with Crippen molar-refractivity contribution in [2.45, 2.75) is 25.3 Å². The highest BCUT2D eigenvalue weighted by Crippen LogP contribution is 2.45. The van der Waals surface area contributed by atoms with Crippen molar-refractivity contribution in [2.24, 2.45) is 7.05 Å². The number of aryl methyl sites for hydroxylation is 1. The molecule has 0 atom stereocenters. The van der Waals surface area contributed by atoms with Crippen LogP contribution in [0.2, 0.25) is 0 Å². The summed E-state index contributed by atoms with van der Waals surface area (Å²) in [5.41, 5.74) is 2.47. The van der Waals surface area contributed by atoms with Gasteiger partial charge in [-0.15, -0.1) is 0 Å². The summed E-state index contributed by atoms with van der Waals surface area (Å²) >= 11 is 4.82. The lowest BCUT2D eigenvalue weighted by atomic mass is 10.3. The van der Waals surface area contributed by atoms with E-state index in [1.165, 1.54) is 32.1 Å². The molecule has 1 aliphatic rings. The third kappa shape index (κ3) is 3.64. The van der Waals surface area contributed by atoms with Gasteiger partial charge in [0.05, 0.1) is 16.8 Å². The minimum Gasteiger partial charge on any atom is -0.335 e. The molecular formula is C25H24N3OS3+. The van der Waals surface area contributed by atoms with Crippen molar-refractivity contribution in [1.82, 2.24) is 4.57 Å². The predicted molar refractivity (Wildman–Crippen MR) is 138 cm³/mol. The Labute approximate surface area is 199 Å². The highest BCUT2D eigenvalue weighted by Gasteiger charge is 2.22. The number of aromatic nitrogens is 2.